The summed E-state index contributed by atoms with van der Waals surface area (Å²) < 4.78 is 0. The molecule has 0 radical (unpaired) electrons. The molecule has 1 aliphatic carbocycles. The van der Waals surface area contributed by atoms with Gasteiger partial charge >= 0.3 is 5.97 Å². The molecule has 2 atom stereocenters. The first-order valence-electron chi connectivity index (χ1n) is 6.37. The highest BCUT2D eigenvalue weighted by molar-refractivity contribution is 7.98. The number of rotatable bonds is 6. The Bertz CT molecular complexity index is 230. The average molecular weight is 244 g/mol. The van der Waals surface area contributed by atoms with Crippen molar-refractivity contribution in [1.29, 1.82) is 0 Å². The number of carboxylic acids is 1. The van der Waals surface area contributed by atoms with Crippen LogP contribution in [-0.2, 0) is 4.79 Å². The zero-order chi connectivity index (χ0) is 12.0. The topological polar surface area (TPSA) is 37.3 Å². The summed E-state index contributed by atoms with van der Waals surface area (Å²) in [5.41, 5.74) is -0.394. The maximum atomic E-state index is 11.5. The van der Waals surface area contributed by atoms with Gasteiger partial charge in [-0.05, 0) is 43.6 Å². The standard InChI is InChI=1S/C13H24O2S/c1-3-11-6-4-7-13(10-11,12(14)15)8-5-9-16-2/h11H,3-10H2,1-2H3,(H,14,15). The zero-order valence-corrected chi connectivity index (χ0v) is 11.3. The molecular weight excluding hydrogens is 220 g/mol. The molecule has 94 valence electrons. The largest absolute Gasteiger partial charge is 0.481 e. The molecule has 0 heterocycles. The second-order valence-corrected chi connectivity index (χ2v) is 6.04. The summed E-state index contributed by atoms with van der Waals surface area (Å²) in [5, 5.41) is 9.49. The number of aliphatic carboxylic acids is 1. The summed E-state index contributed by atoms with van der Waals surface area (Å²) >= 11 is 1.81. The fraction of sp³-hybridized carbons (Fsp3) is 0.923. The van der Waals surface area contributed by atoms with Crippen molar-refractivity contribution in [2.75, 3.05) is 12.0 Å². The molecule has 1 N–H and O–H groups in total. The van der Waals surface area contributed by atoms with Gasteiger partial charge in [-0.25, -0.2) is 0 Å². The lowest BCUT2D eigenvalue weighted by Crippen LogP contribution is -2.36. The molecule has 0 aromatic heterocycles. The molecule has 0 bridgehead atoms. The quantitative estimate of drug-likeness (QED) is 0.722. The van der Waals surface area contributed by atoms with Gasteiger partial charge in [-0.3, -0.25) is 4.79 Å². The number of carboxylic acid groups (broad SMARTS) is 1. The molecule has 1 saturated carbocycles. The molecular formula is C13H24O2S. The van der Waals surface area contributed by atoms with E-state index in [0.29, 0.717) is 5.92 Å². The van der Waals surface area contributed by atoms with Gasteiger partial charge in [-0.15, -0.1) is 0 Å². The molecule has 0 aliphatic heterocycles. The van der Waals surface area contributed by atoms with Gasteiger partial charge in [0, 0.05) is 0 Å². The Labute approximate surface area is 103 Å². The Morgan fingerprint density at radius 1 is 1.56 bits per heavy atom. The van der Waals surface area contributed by atoms with Crippen molar-refractivity contribution in [1.82, 2.24) is 0 Å². The van der Waals surface area contributed by atoms with E-state index in [2.05, 4.69) is 13.2 Å². The lowest BCUT2D eigenvalue weighted by molar-refractivity contribution is -0.152. The maximum Gasteiger partial charge on any atom is 0.309 e. The Morgan fingerprint density at radius 2 is 2.31 bits per heavy atom. The number of carbonyl (C=O) groups is 1. The average Bonchev–Trinajstić information content (AvgIpc) is 2.29. The van der Waals surface area contributed by atoms with Crippen LogP contribution < -0.4 is 0 Å². The van der Waals surface area contributed by atoms with Crippen molar-refractivity contribution in [2.45, 2.75) is 51.9 Å². The molecule has 2 nitrogen and oxygen atoms in total. The fourth-order valence-corrected chi connectivity index (χ4v) is 3.35. The third-order valence-corrected chi connectivity index (χ3v) is 4.68. The monoisotopic (exact) mass is 244 g/mol. The second kappa shape index (κ2) is 6.53. The molecule has 0 spiro atoms. The summed E-state index contributed by atoms with van der Waals surface area (Å²) in [6, 6.07) is 0. The fourth-order valence-electron chi connectivity index (χ4n) is 2.92. The number of hydrogen-bond donors (Lipinski definition) is 1. The Balaban J connectivity index is 2.60. The van der Waals surface area contributed by atoms with E-state index >= 15 is 0 Å². The predicted octanol–water partition coefficient (Wildman–Crippen LogP) is 3.80. The molecule has 0 aromatic rings. The van der Waals surface area contributed by atoms with Crippen LogP contribution in [-0.4, -0.2) is 23.1 Å². The second-order valence-electron chi connectivity index (χ2n) is 5.05. The van der Waals surface area contributed by atoms with E-state index in [-0.39, 0.29) is 0 Å². The van der Waals surface area contributed by atoms with Gasteiger partial charge in [-0.1, -0.05) is 26.2 Å². The SMILES string of the molecule is CCC1CCCC(CCCSC)(C(=O)O)C1. The highest BCUT2D eigenvalue weighted by Crippen LogP contribution is 2.44. The molecule has 0 saturated heterocycles. The minimum Gasteiger partial charge on any atom is -0.481 e. The van der Waals surface area contributed by atoms with Gasteiger partial charge in [0.25, 0.3) is 0 Å². The molecule has 16 heavy (non-hydrogen) atoms. The Morgan fingerprint density at radius 3 is 2.88 bits per heavy atom. The first kappa shape index (κ1) is 13.9. The zero-order valence-electron chi connectivity index (χ0n) is 10.5. The van der Waals surface area contributed by atoms with E-state index in [0.717, 1.165) is 44.3 Å². The van der Waals surface area contributed by atoms with Crippen molar-refractivity contribution in [3.8, 4) is 0 Å². The van der Waals surface area contributed by atoms with Crippen molar-refractivity contribution in [3.05, 3.63) is 0 Å². The normalized spacial score (nSPS) is 30.2. The summed E-state index contributed by atoms with van der Waals surface area (Å²) in [4.78, 5) is 11.5. The minimum absolute atomic E-state index is 0.394. The van der Waals surface area contributed by atoms with Crippen LogP contribution >= 0.6 is 11.8 Å². The summed E-state index contributed by atoms with van der Waals surface area (Å²) in [7, 11) is 0. The smallest absolute Gasteiger partial charge is 0.309 e. The highest BCUT2D eigenvalue weighted by atomic mass is 32.2. The van der Waals surface area contributed by atoms with Crippen molar-refractivity contribution in [3.63, 3.8) is 0 Å². The molecule has 1 rings (SSSR count). The van der Waals surface area contributed by atoms with E-state index < -0.39 is 11.4 Å². The number of thioether (sulfide) groups is 1. The van der Waals surface area contributed by atoms with Crippen LogP contribution in [0.5, 0.6) is 0 Å². The maximum absolute atomic E-state index is 11.5. The predicted molar refractivity (Wildman–Crippen MR) is 69.9 cm³/mol. The van der Waals surface area contributed by atoms with Crippen LogP contribution in [0.3, 0.4) is 0 Å². The van der Waals surface area contributed by atoms with Crippen molar-refractivity contribution in [2.24, 2.45) is 11.3 Å². The van der Waals surface area contributed by atoms with Crippen LogP contribution in [0.1, 0.15) is 51.9 Å². The third kappa shape index (κ3) is 3.41. The van der Waals surface area contributed by atoms with Crippen LogP contribution in [0.4, 0.5) is 0 Å². The van der Waals surface area contributed by atoms with Crippen LogP contribution in [0.15, 0.2) is 0 Å². The van der Waals surface area contributed by atoms with Gasteiger partial charge in [-0.2, -0.15) is 11.8 Å². The molecule has 3 heteroatoms. The molecule has 1 fully saturated rings. The summed E-state index contributed by atoms with van der Waals surface area (Å²) in [6.07, 6.45) is 9.28. The first-order valence-corrected chi connectivity index (χ1v) is 7.76. The minimum atomic E-state index is -0.549. The first-order chi connectivity index (χ1) is 7.64. The van der Waals surface area contributed by atoms with Gasteiger partial charge in [0.1, 0.15) is 0 Å². The van der Waals surface area contributed by atoms with Crippen LogP contribution in [0, 0.1) is 11.3 Å². The van der Waals surface area contributed by atoms with Gasteiger partial charge < -0.3 is 5.11 Å². The Kier molecular flexibility index (Phi) is 5.67. The molecule has 2 unspecified atom stereocenters. The van der Waals surface area contributed by atoms with Crippen LogP contribution in [0.25, 0.3) is 0 Å². The van der Waals surface area contributed by atoms with Gasteiger partial charge in [0.15, 0.2) is 0 Å². The summed E-state index contributed by atoms with van der Waals surface area (Å²) in [5.74, 6) is 1.18. The Hall–Kier alpha value is -0.180. The van der Waals surface area contributed by atoms with Gasteiger partial charge in [0.2, 0.25) is 0 Å². The van der Waals surface area contributed by atoms with E-state index in [1.165, 1.54) is 6.42 Å². The summed E-state index contributed by atoms with van der Waals surface area (Å²) in [6.45, 7) is 2.19. The molecule has 0 aromatic carbocycles. The van der Waals surface area contributed by atoms with E-state index in [9.17, 15) is 9.90 Å². The lowest BCUT2D eigenvalue weighted by atomic mass is 9.67. The highest BCUT2D eigenvalue weighted by Gasteiger charge is 2.41. The third-order valence-electron chi connectivity index (χ3n) is 3.98. The molecule has 1 aliphatic rings. The van der Waals surface area contributed by atoms with E-state index in [1.54, 1.807) is 0 Å². The van der Waals surface area contributed by atoms with Crippen molar-refractivity contribution >= 4 is 17.7 Å². The van der Waals surface area contributed by atoms with Gasteiger partial charge in [0.05, 0.1) is 5.41 Å². The number of hydrogen-bond acceptors (Lipinski definition) is 2. The van der Waals surface area contributed by atoms with E-state index in [4.69, 9.17) is 0 Å². The van der Waals surface area contributed by atoms with Crippen LogP contribution in [0.2, 0.25) is 0 Å². The molecule has 0 amide bonds. The lowest BCUT2D eigenvalue weighted by Gasteiger charge is -2.37. The van der Waals surface area contributed by atoms with E-state index in [1.807, 2.05) is 11.8 Å². The van der Waals surface area contributed by atoms with Crippen molar-refractivity contribution < 1.29 is 9.90 Å².